The molecule has 1 aliphatic rings. The third-order valence-corrected chi connectivity index (χ3v) is 3.70. The van der Waals surface area contributed by atoms with Crippen LogP contribution in [0.3, 0.4) is 0 Å². The number of carbonyl (C=O) groups excluding carboxylic acids is 1. The number of hydrogen-bond acceptors (Lipinski definition) is 3. The van der Waals surface area contributed by atoms with E-state index in [9.17, 15) is 14.7 Å². The Labute approximate surface area is 117 Å². The summed E-state index contributed by atoms with van der Waals surface area (Å²) < 4.78 is 0. The zero-order valence-corrected chi connectivity index (χ0v) is 11.4. The number of benzene rings is 1. The van der Waals surface area contributed by atoms with Gasteiger partial charge in [-0.05, 0) is 43.5 Å². The Kier molecular flexibility index (Phi) is 3.79. The van der Waals surface area contributed by atoms with Gasteiger partial charge in [0, 0.05) is 18.3 Å². The molecule has 5 heteroatoms. The molecule has 1 aliphatic heterocycles. The number of rotatable bonds is 3. The molecule has 2 rings (SSSR count). The van der Waals surface area contributed by atoms with Crippen LogP contribution in [0, 0.1) is 0 Å². The molecule has 1 aromatic rings. The van der Waals surface area contributed by atoms with Crippen LogP contribution in [-0.2, 0) is 9.59 Å². The molecule has 1 unspecified atom stereocenters. The second-order valence-electron chi connectivity index (χ2n) is 5.18. The van der Waals surface area contributed by atoms with E-state index >= 15 is 0 Å². The zero-order chi connectivity index (χ0) is 14.8. The fourth-order valence-corrected chi connectivity index (χ4v) is 2.46. The number of carboxylic acid groups (broad SMARTS) is 1. The van der Waals surface area contributed by atoms with Crippen LogP contribution in [0.5, 0.6) is 0 Å². The summed E-state index contributed by atoms with van der Waals surface area (Å²) in [6, 6.07) is 7.16. The van der Waals surface area contributed by atoms with E-state index in [4.69, 9.17) is 5.73 Å². The van der Waals surface area contributed by atoms with Gasteiger partial charge in [0.05, 0.1) is 0 Å². The number of carboxylic acids is 1. The first kappa shape index (κ1) is 14.1. The van der Waals surface area contributed by atoms with Crippen LogP contribution in [0.15, 0.2) is 30.3 Å². The van der Waals surface area contributed by atoms with E-state index in [-0.39, 0.29) is 5.91 Å². The van der Waals surface area contributed by atoms with Gasteiger partial charge >= 0.3 is 5.97 Å². The molecule has 1 heterocycles. The summed E-state index contributed by atoms with van der Waals surface area (Å²) in [5.74, 6) is -1.24. The summed E-state index contributed by atoms with van der Waals surface area (Å²) >= 11 is 0. The van der Waals surface area contributed by atoms with E-state index in [1.165, 1.54) is 11.0 Å². The standard InChI is InChI=1S/C15H18N2O3/c1-15(14(19)20)8-3-9-17(15)13(18)7-6-11-4-2-5-12(16)10-11/h2,4-7,10H,3,8-9,16H2,1H3,(H,19,20)/b7-6+. The summed E-state index contributed by atoms with van der Waals surface area (Å²) in [4.78, 5) is 24.9. The van der Waals surface area contributed by atoms with E-state index in [2.05, 4.69) is 0 Å². The lowest BCUT2D eigenvalue weighted by Gasteiger charge is -2.30. The van der Waals surface area contributed by atoms with Crippen LogP contribution in [0.4, 0.5) is 5.69 Å². The molecule has 1 fully saturated rings. The average Bonchev–Trinajstić information content (AvgIpc) is 2.80. The van der Waals surface area contributed by atoms with Crippen LogP contribution in [0.25, 0.3) is 6.08 Å². The van der Waals surface area contributed by atoms with Crippen molar-refractivity contribution in [2.24, 2.45) is 0 Å². The first-order chi connectivity index (χ1) is 9.43. The Balaban J connectivity index is 2.14. The number of nitrogen functional groups attached to an aromatic ring is 1. The third kappa shape index (κ3) is 2.66. The lowest BCUT2D eigenvalue weighted by molar-refractivity contribution is -0.153. The Morgan fingerprint density at radius 3 is 2.85 bits per heavy atom. The fourth-order valence-electron chi connectivity index (χ4n) is 2.46. The van der Waals surface area contributed by atoms with Gasteiger partial charge in [0.1, 0.15) is 5.54 Å². The summed E-state index contributed by atoms with van der Waals surface area (Å²) in [6.07, 6.45) is 4.25. The minimum atomic E-state index is -1.10. The highest BCUT2D eigenvalue weighted by Crippen LogP contribution is 2.29. The highest BCUT2D eigenvalue weighted by Gasteiger charge is 2.45. The monoisotopic (exact) mass is 274 g/mol. The van der Waals surface area contributed by atoms with Crippen molar-refractivity contribution < 1.29 is 14.7 Å². The lowest BCUT2D eigenvalue weighted by atomic mass is 9.99. The molecule has 20 heavy (non-hydrogen) atoms. The second kappa shape index (κ2) is 5.36. The van der Waals surface area contributed by atoms with E-state index in [0.717, 1.165) is 5.56 Å². The summed E-state index contributed by atoms with van der Waals surface area (Å²) in [7, 11) is 0. The normalized spacial score (nSPS) is 22.4. The zero-order valence-electron chi connectivity index (χ0n) is 11.4. The number of hydrogen-bond donors (Lipinski definition) is 2. The fraction of sp³-hybridized carbons (Fsp3) is 0.333. The van der Waals surface area contributed by atoms with E-state index < -0.39 is 11.5 Å². The number of anilines is 1. The van der Waals surface area contributed by atoms with E-state index in [1.807, 2.05) is 6.07 Å². The van der Waals surface area contributed by atoms with Gasteiger partial charge in [-0.25, -0.2) is 4.79 Å². The lowest BCUT2D eigenvalue weighted by Crippen LogP contribution is -2.50. The maximum absolute atomic E-state index is 12.2. The largest absolute Gasteiger partial charge is 0.480 e. The number of aliphatic carboxylic acids is 1. The van der Waals surface area contributed by atoms with Crippen molar-refractivity contribution in [3.63, 3.8) is 0 Å². The molecule has 5 nitrogen and oxygen atoms in total. The Hall–Kier alpha value is -2.30. The Morgan fingerprint density at radius 2 is 2.20 bits per heavy atom. The molecule has 1 atom stereocenters. The van der Waals surface area contributed by atoms with Gasteiger partial charge in [0.2, 0.25) is 5.91 Å². The first-order valence-corrected chi connectivity index (χ1v) is 6.52. The third-order valence-electron chi connectivity index (χ3n) is 3.70. The molecule has 0 aliphatic carbocycles. The molecular formula is C15H18N2O3. The maximum atomic E-state index is 12.2. The number of nitrogens with two attached hydrogens (primary N) is 1. The molecule has 3 N–H and O–H groups in total. The molecular weight excluding hydrogens is 256 g/mol. The van der Waals surface area contributed by atoms with Crippen LogP contribution in [0.1, 0.15) is 25.3 Å². The van der Waals surface area contributed by atoms with E-state index in [0.29, 0.717) is 25.1 Å². The van der Waals surface area contributed by atoms with Crippen LogP contribution in [0.2, 0.25) is 0 Å². The number of carbonyl (C=O) groups is 2. The van der Waals surface area contributed by atoms with Gasteiger partial charge in [0.25, 0.3) is 0 Å². The number of nitrogens with zero attached hydrogens (tertiary/aromatic N) is 1. The number of amides is 1. The highest BCUT2D eigenvalue weighted by atomic mass is 16.4. The highest BCUT2D eigenvalue weighted by molar-refractivity contribution is 5.96. The van der Waals surface area contributed by atoms with Crippen LogP contribution < -0.4 is 5.73 Å². The maximum Gasteiger partial charge on any atom is 0.329 e. The minimum absolute atomic E-state index is 0.283. The van der Waals surface area contributed by atoms with Gasteiger partial charge in [-0.15, -0.1) is 0 Å². The minimum Gasteiger partial charge on any atom is -0.480 e. The molecule has 1 aromatic carbocycles. The molecule has 0 aromatic heterocycles. The van der Waals surface area contributed by atoms with Crippen molar-refractivity contribution in [1.29, 1.82) is 0 Å². The van der Waals surface area contributed by atoms with Crippen molar-refractivity contribution in [1.82, 2.24) is 4.90 Å². The van der Waals surface area contributed by atoms with Crippen molar-refractivity contribution in [2.75, 3.05) is 12.3 Å². The van der Waals surface area contributed by atoms with Gasteiger partial charge in [-0.1, -0.05) is 12.1 Å². The molecule has 1 amide bonds. The molecule has 0 saturated carbocycles. The van der Waals surface area contributed by atoms with Gasteiger partial charge < -0.3 is 15.7 Å². The first-order valence-electron chi connectivity index (χ1n) is 6.52. The SMILES string of the molecule is CC1(C(=O)O)CCCN1C(=O)/C=C/c1cccc(N)c1. The average molecular weight is 274 g/mol. The Bertz CT molecular complexity index is 568. The van der Waals surface area contributed by atoms with Gasteiger partial charge in [-0.3, -0.25) is 4.79 Å². The van der Waals surface area contributed by atoms with Crippen LogP contribution in [-0.4, -0.2) is 34.0 Å². The summed E-state index contributed by atoms with van der Waals surface area (Å²) in [6.45, 7) is 2.07. The summed E-state index contributed by atoms with van der Waals surface area (Å²) in [5.41, 5.74) is 6.00. The van der Waals surface area contributed by atoms with Crippen molar-refractivity contribution >= 4 is 23.6 Å². The number of likely N-dealkylation sites (tertiary alicyclic amines) is 1. The van der Waals surface area contributed by atoms with Gasteiger partial charge in [0.15, 0.2) is 0 Å². The predicted octanol–water partition coefficient (Wildman–Crippen LogP) is 1.75. The van der Waals surface area contributed by atoms with Crippen LogP contribution >= 0.6 is 0 Å². The molecule has 0 radical (unpaired) electrons. The second-order valence-corrected chi connectivity index (χ2v) is 5.18. The molecule has 0 spiro atoms. The quantitative estimate of drug-likeness (QED) is 0.649. The van der Waals surface area contributed by atoms with Crippen molar-refractivity contribution in [2.45, 2.75) is 25.3 Å². The predicted molar refractivity (Wildman–Crippen MR) is 76.9 cm³/mol. The smallest absolute Gasteiger partial charge is 0.329 e. The topological polar surface area (TPSA) is 83.6 Å². The van der Waals surface area contributed by atoms with Gasteiger partial charge in [-0.2, -0.15) is 0 Å². The van der Waals surface area contributed by atoms with E-state index in [1.54, 1.807) is 31.2 Å². The van der Waals surface area contributed by atoms with Crippen molar-refractivity contribution in [3.05, 3.63) is 35.9 Å². The Morgan fingerprint density at radius 1 is 1.45 bits per heavy atom. The molecule has 106 valence electrons. The summed E-state index contributed by atoms with van der Waals surface area (Å²) in [5, 5.41) is 9.28. The van der Waals surface area contributed by atoms with Crippen molar-refractivity contribution in [3.8, 4) is 0 Å². The molecule has 1 saturated heterocycles. The molecule has 0 bridgehead atoms.